The molecule has 2 aromatic carbocycles. The second kappa shape index (κ2) is 8.97. The second-order valence-electron chi connectivity index (χ2n) is 8.21. The number of hydrogen-bond donors (Lipinski definition) is 0. The lowest BCUT2D eigenvalue weighted by atomic mass is 10.0. The largest absolute Gasteiger partial charge is 0.379 e. The van der Waals surface area contributed by atoms with Crippen LogP contribution in [-0.4, -0.2) is 30.2 Å². The van der Waals surface area contributed by atoms with Crippen LogP contribution in [0.2, 0.25) is 5.02 Å². The fourth-order valence-corrected chi connectivity index (χ4v) is 4.95. The van der Waals surface area contributed by atoms with Crippen molar-refractivity contribution in [2.24, 2.45) is 0 Å². The number of fused-ring (bicyclic) bond motifs is 1. The van der Waals surface area contributed by atoms with Crippen LogP contribution in [0.3, 0.4) is 0 Å². The van der Waals surface area contributed by atoms with Crippen molar-refractivity contribution in [3.05, 3.63) is 75.6 Å². The fourth-order valence-electron chi connectivity index (χ4n) is 4.63. The van der Waals surface area contributed by atoms with Gasteiger partial charge in [-0.05, 0) is 42.5 Å². The average Bonchev–Trinajstić information content (AvgIpc) is 3.16. The summed E-state index contributed by atoms with van der Waals surface area (Å²) in [6.45, 7) is 6.29. The zero-order valence-corrected chi connectivity index (χ0v) is 19.7. The lowest BCUT2D eigenvalue weighted by Gasteiger charge is -2.32. The van der Waals surface area contributed by atoms with E-state index < -0.39 is 0 Å². The summed E-state index contributed by atoms with van der Waals surface area (Å²) in [5.41, 5.74) is 7.56. The normalized spacial score (nSPS) is 17.6. The zero-order chi connectivity index (χ0) is 22.1. The summed E-state index contributed by atoms with van der Waals surface area (Å²) in [6.07, 6.45) is 2.57. The van der Waals surface area contributed by atoms with Crippen molar-refractivity contribution in [1.82, 2.24) is 9.97 Å². The maximum Gasteiger partial charge on any atom is 0.151 e. The fraction of sp³-hybridized carbons (Fsp3) is 0.385. The molecule has 4 nitrogen and oxygen atoms in total. The standard InChI is InChI=1S/C26H30ClN3O/c1-6-21-24(19-13-12-16(3)14-20(19)27)28-22(7-2)26(29-21)30(4)25-18-11-9-8-10-17(18)15-23(25)31-5/h8-14,23,25H,6-7,15H2,1-5H3. The number of likely N-dealkylation sites (N-methyl/N-ethyl adjacent to an activating group) is 1. The van der Waals surface area contributed by atoms with Crippen LogP contribution in [0.5, 0.6) is 0 Å². The van der Waals surface area contributed by atoms with Crippen molar-refractivity contribution in [2.45, 2.75) is 52.2 Å². The predicted octanol–water partition coefficient (Wildman–Crippen LogP) is 5.98. The predicted molar refractivity (Wildman–Crippen MR) is 128 cm³/mol. The lowest BCUT2D eigenvalue weighted by molar-refractivity contribution is 0.0889. The monoisotopic (exact) mass is 435 g/mol. The van der Waals surface area contributed by atoms with E-state index in [-0.39, 0.29) is 12.1 Å². The van der Waals surface area contributed by atoms with Gasteiger partial charge in [-0.2, -0.15) is 0 Å². The topological polar surface area (TPSA) is 38.2 Å². The van der Waals surface area contributed by atoms with Crippen LogP contribution >= 0.6 is 11.6 Å². The van der Waals surface area contributed by atoms with Crippen LogP contribution < -0.4 is 4.90 Å². The summed E-state index contributed by atoms with van der Waals surface area (Å²) in [7, 11) is 3.91. The van der Waals surface area contributed by atoms with Gasteiger partial charge in [-0.1, -0.05) is 61.8 Å². The number of halogens is 1. The Morgan fingerprint density at radius 2 is 1.81 bits per heavy atom. The first-order valence-electron chi connectivity index (χ1n) is 11.0. The molecule has 0 radical (unpaired) electrons. The number of methoxy groups -OCH3 is 1. The minimum Gasteiger partial charge on any atom is -0.379 e. The van der Waals surface area contributed by atoms with E-state index in [9.17, 15) is 0 Å². The Kier molecular flexibility index (Phi) is 6.31. The zero-order valence-electron chi connectivity index (χ0n) is 18.9. The summed E-state index contributed by atoms with van der Waals surface area (Å²) in [4.78, 5) is 12.5. The van der Waals surface area contributed by atoms with Crippen LogP contribution in [0.4, 0.5) is 5.82 Å². The number of aromatic nitrogens is 2. The molecule has 2 unspecified atom stereocenters. The molecule has 3 aromatic rings. The molecule has 0 aliphatic heterocycles. The van der Waals surface area contributed by atoms with E-state index in [1.54, 1.807) is 7.11 Å². The molecule has 0 amide bonds. The number of anilines is 1. The molecule has 31 heavy (non-hydrogen) atoms. The minimum absolute atomic E-state index is 0.0882. The SMILES string of the molecule is CCc1nc(N(C)C2c3ccccc3CC2OC)c(CC)nc1-c1ccc(C)cc1Cl. The molecule has 1 aliphatic rings. The van der Waals surface area contributed by atoms with E-state index >= 15 is 0 Å². The van der Waals surface area contributed by atoms with Gasteiger partial charge < -0.3 is 9.64 Å². The number of aryl methyl sites for hydroxylation is 3. The van der Waals surface area contributed by atoms with Crippen molar-refractivity contribution in [3.63, 3.8) is 0 Å². The molecular weight excluding hydrogens is 406 g/mol. The maximum atomic E-state index is 6.59. The van der Waals surface area contributed by atoms with Gasteiger partial charge in [-0.3, -0.25) is 0 Å². The summed E-state index contributed by atoms with van der Waals surface area (Å²) in [5, 5.41) is 0.719. The van der Waals surface area contributed by atoms with Crippen LogP contribution in [0.1, 0.15) is 48.0 Å². The molecule has 2 atom stereocenters. The molecule has 1 heterocycles. The van der Waals surface area contributed by atoms with E-state index in [2.05, 4.69) is 62.2 Å². The van der Waals surface area contributed by atoms with Crippen LogP contribution in [0, 0.1) is 6.92 Å². The van der Waals surface area contributed by atoms with Gasteiger partial charge >= 0.3 is 0 Å². The molecule has 5 heteroatoms. The highest BCUT2D eigenvalue weighted by molar-refractivity contribution is 6.33. The average molecular weight is 436 g/mol. The van der Waals surface area contributed by atoms with Crippen LogP contribution in [0.15, 0.2) is 42.5 Å². The molecule has 4 rings (SSSR count). The Morgan fingerprint density at radius 1 is 1.06 bits per heavy atom. The van der Waals surface area contributed by atoms with E-state index in [4.69, 9.17) is 26.3 Å². The molecule has 162 valence electrons. The van der Waals surface area contributed by atoms with Gasteiger partial charge in [0.15, 0.2) is 5.82 Å². The number of hydrogen-bond acceptors (Lipinski definition) is 4. The number of benzene rings is 2. The smallest absolute Gasteiger partial charge is 0.151 e. The lowest BCUT2D eigenvalue weighted by Crippen LogP contribution is -2.34. The molecule has 1 aromatic heterocycles. The summed E-state index contributed by atoms with van der Waals surface area (Å²) in [6, 6.07) is 14.8. The summed E-state index contributed by atoms with van der Waals surface area (Å²) in [5.74, 6) is 0.926. The number of ether oxygens (including phenoxy) is 1. The van der Waals surface area contributed by atoms with Gasteiger partial charge in [0.1, 0.15) is 0 Å². The van der Waals surface area contributed by atoms with Gasteiger partial charge in [0.05, 0.1) is 34.3 Å². The third-order valence-corrected chi connectivity index (χ3v) is 6.58. The molecular formula is C26H30ClN3O. The van der Waals surface area contributed by atoms with Gasteiger partial charge in [-0.25, -0.2) is 9.97 Å². The Labute approximate surface area is 190 Å². The van der Waals surface area contributed by atoms with Gasteiger partial charge in [-0.15, -0.1) is 0 Å². The van der Waals surface area contributed by atoms with Crippen molar-refractivity contribution in [3.8, 4) is 11.3 Å². The Bertz CT molecular complexity index is 1100. The van der Waals surface area contributed by atoms with E-state index in [0.717, 1.165) is 58.3 Å². The highest BCUT2D eigenvalue weighted by atomic mass is 35.5. The van der Waals surface area contributed by atoms with Crippen molar-refractivity contribution in [1.29, 1.82) is 0 Å². The number of rotatable bonds is 6. The van der Waals surface area contributed by atoms with Crippen molar-refractivity contribution < 1.29 is 4.74 Å². The molecule has 0 saturated heterocycles. The van der Waals surface area contributed by atoms with Crippen LogP contribution in [0.25, 0.3) is 11.3 Å². The Hall–Kier alpha value is -2.43. The van der Waals surface area contributed by atoms with Crippen molar-refractivity contribution in [2.75, 3.05) is 19.1 Å². The maximum absolute atomic E-state index is 6.59. The first kappa shape index (κ1) is 21.8. The third-order valence-electron chi connectivity index (χ3n) is 6.27. The molecule has 0 spiro atoms. The molecule has 1 aliphatic carbocycles. The number of nitrogens with zero attached hydrogens (tertiary/aromatic N) is 3. The van der Waals surface area contributed by atoms with Crippen molar-refractivity contribution >= 4 is 17.4 Å². The quantitative estimate of drug-likeness (QED) is 0.477. The molecule has 0 bridgehead atoms. The second-order valence-corrected chi connectivity index (χ2v) is 8.62. The molecule has 0 saturated carbocycles. The minimum atomic E-state index is 0.0882. The summed E-state index contributed by atoms with van der Waals surface area (Å²) >= 11 is 6.59. The highest BCUT2D eigenvalue weighted by Gasteiger charge is 2.36. The Morgan fingerprint density at radius 3 is 2.48 bits per heavy atom. The molecule has 0 fully saturated rings. The first-order chi connectivity index (χ1) is 15.0. The van der Waals surface area contributed by atoms with Gasteiger partial charge in [0.25, 0.3) is 0 Å². The summed E-state index contributed by atoms with van der Waals surface area (Å²) < 4.78 is 5.89. The van der Waals surface area contributed by atoms with Gasteiger partial charge in [0.2, 0.25) is 0 Å². The first-order valence-corrected chi connectivity index (χ1v) is 11.4. The van der Waals surface area contributed by atoms with E-state index in [1.807, 2.05) is 13.0 Å². The van der Waals surface area contributed by atoms with E-state index in [0.29, 0.717) is 0 Å². The third kappa shape index (κ3) is 3.95. The van der Waals surface area contributed by atoms with E-state index in [1.165, 1.54) is 11.1 Å². The highest BCUT2D eigenvalue weighted by Crippen LogP contribution is 2.40. The molecule has 0 N–H and O–H groups in total. The van der Waals surface area contributed by atoms with Gasteiger partial charge in [0, 0.05) is 26.1 Å². The Balaban J connectivity index is 1.82. The van der Waals surface area contributed by atoms with Crippen LogP contribution in [-0.2, 0) is 24.0 Å².